The van der Waals surface area contributed by atoms with E-state index in [4.69, 9.17) is 19.0 Å². The molecule has 10 nitrogen and oxygen atoms in total. The van der Waals surface area contributed by atoms with Crippen molar-refractivity contribution in [3.05, 3.63) is 16.7 Å². The van der Waals surface area contributed by atoms with Crippen molar-refractivity contribution in [1.29, 1.82) is 0 Å². The number of aromatic nitrogens is 4. The van der Waals surface area contributed by atoms with Crippen LogP contribution in [-0.2, 0) is 13.3 Å². The molecule has 2 aromatic heterocycles. The summed E-state index contributed by atoms with van der Waals surface area (Å²) in [4.78, 5) is 22.9. The molecule has 34 heavy (non-hydrogen) atoms. The van der Waals surface area contributed by atoms with Gasteiger partial charge in [-0.15, -0.1) is 0 Å². The summed E-state index contributed by atoms with van der Waals surface area (Å²) in [6, 6.07) is 0. The second-order valence-electron chi connectivity index (χ2n) is 10.6. The zero-order chi connectivity index (χ0) is 25.4. The lowest BCUT2D eigenvalue weighted by Crippen LogP contribution is -2.54. The van der Waals surface area contributed by atoms with Gasteiger partial charge in [-0.05, 0) is 22.2 Å². The van der Waals surface area contributed by atoms with E-state index in [2.05, 4.69) is 70.3 Å². The number of H-pyrrole nitrogens is 1. The Kier molecular flexibility index (Phi) is 8.41. The van der Waals surface area contributed by atoms with Gasteiger partial charge in [-0.2, -0.15) is 4.98 Å². The Morgan fingerprint density at radius 2 is 1.85 bits per heavy atom. The molecule has 3 atom stereocenters. The first-order valence-corrected chi connectivity index (χ1v) is 16.0. The van der Waals surface area contributed by atoms with Crippen LogP contribution in [-0.4, -0.2) is 61.0 Å². The molecule has 1 aliphatic heterocycles. The smallest absolute Gasteiger partial charge is 0.333 e. The summed E-state index contributed by atoms with van der Waals surface area (Å²) in [5.41, 5.74) is 7.34. The Hall–Kier alpha value is -1.58. The fraction of sp³-hybridized carbons (Fsp3) is 0.773. The third kappa shape index (κ3) is 5.31. The first-order chi connectivity index (χ1) is 15.9. The molecule has 0 aliphatic carbocycles. The monoisotopic (exact) mass is 511 g/mol. The minimum Gasteiger partial charge on any atom is -0.437 e. The van der Waals surface area contributed by atoms with E-state index in [1.54, 1.807) is 4.57 Å². The zero-order valence-electron chi connectivity index (χ0n) is 21.6. The van der Waals surface area contributed by atoms with Gasteiger partial charge in [0.25, 0.3) is 5.56 Å². The van der Waals surface area contributed by atoms with Gasteiger partial charge in [-0.25, -0.2) is 4.98 Å². The summed E-state index contributed by atoms with van der Waals surface area (Å²) in [5.74, 6) is 0.00787. The van der Waals surface area contributed by atoms with E-state index in [0.29, 0.717) is 23.2 Å². The van der Waals surface area contributed by atoms with Crippen molar-refractivity contribution >= 4 is 34.7 Å². The number of fused-ring (bicyclic) bond motifs is 1. The van der Waals surface area contributed by atoms with Gasteiger partial charge < -0.3 is 24.1 Å². The number of anilines is 1. The van der Waals surface area contributed by atoms with E-state index in [-0.39, 0.29) is 29.2 Å². The van der Waals surface area contributed by atoms with Crippen molar-refractivity contribution < 1.29 is 18.4 Å². The lowest BCUT2D eigenvalue weighted by Gasteiger charge is -2.43. The summed E-state index contributed by atoms with van der Waals surface area (Å²) < 4.78 is 21.5. The Morgan fingerprint density at radius 1 is 1.24 bits per heavy atom. The largest absolute Gasteiger partial charge is 0.437 e. The van der Waals surface area contributed by atoms with Crippen LogP contribution in [0.3, 0.4) is 0 Å². The Labute approximate surface area is 204 Å². The number of nitrogens with one attached hydrogen (secondary N) is 1. The molecule has 0 spiro atoms. The van der Waals surface area contributed by atoms with Crippen LogP contribution in [0.15, 0.2) is 11.1 Å². The molecule has 1 fully saturated rings. The number of aliphatic hydroxyl groups is 1. The van der Waals surface area contributed by atoms with Gasteiger partial charge >= 0.3 is 8.56 Å². The average Bonchev–Trinajstić information content (AvgIpc) is 3.30. The number of hydrogen-bond acceptors (Lipinski definition) is 8. The second-order valence-corrected chi connectivity index (χ2v) is 19.2. The molecule has 192 valence electrons. The third-order valence-electron chi connectivity index (χ3n) is 6.68. The van der Waals surface area contributed by atoms with Gasteiger partial charge in [0, 0.05) is 6.42 Å². The molecule has 3 rings (SSSR count). The fourth-order valence-corrected chi connectivity index (χ4v) is 15.3. The molecule has 3 heterocycles. The molecular weight excluding hydrogens is 470 g/mol. The molecule has 1 aliphatic rings. The summed E-state index contributed by atoms with van der Waals surface area (Å²) in [6.45, 7) is 17.9. The zero-order valence-corrected chi connectivity index (χ0v) is 23.8. The van der Waals surface area contributed by atoms with Crippen LogP contribution in [0.25, 0.3) is 11.2 Å². The molecule has 0 saturated carbocycles. The van der Waals surface area contributed by atoms with Crippen molar-refractivity contribution in [3.63, 3.8) is 0 Å². The van der Waals surface area contributed by atoms with Crippen LogP contribution >= 0.6 is 0 Å². The normalized spacial score (nSPS) is 21.9. The Morgan fingerprint density at radius 3 is 2.41 bits per heavy atom. The first-order valence-electron chi connectivity index (χ1n) is 12.2. The predicted octanol–water partition coefficient (Wildman–Crippen LogP) is 3.19. The topological polar surface area (TPSA) is 138 Å². The van der Waals surface area contributed by atoms with Crippen LogP contribution in [0.1, 0.15) is 68.0 Å². The van der Waals surface area contributed by atoms with E-state index in [1.165, 1.54) is 6.33 Å². The predicted molar refractivity (Wildman–Crippen MR) is 137 cm³/mol. The highest BCUT2D eigenvalue weighted by molar-refractivity contribution is 6.78. The quantitative estimate of drug-likeness (QED) is 0.414. The van der Waals surface area contributed by atoms with Crippen molar-refractivity contribution in [1.82, 2.24) is 19.5 Å². The summed E-state index contributed by atoms with van der Waals surface area (Å²) in [6.07, 6.45) is 0.0655. The number of aliphatic hydroxyl groups excluding tert-OH is 1. The number of rotatable bonds is 10. The van der Waals surface area contributed by atoms with Crippen LogP contribution in [0.5, 0.6) is 0 Å². The Balaban J connectivity index is 1.79. The highest BCUT2D eigenvalue weighted by atomic mass is 28.4. The molecule has 0 radical (unpaired) electrons. The van der Waals surface area contributed by atoms with Crippen molar-refractivity contribution in [2.75, 3.05) is 12.3 Å². The van der Waals surface area contributed by atoms with Crippen molar-refractivity contribution in [2.24, 2.45) is 0 Å². The van der Waals surface area contributed by atoms with Gasteiger partial charge in [-0.1, -0.05) is 55.4 Å². The minimum absolute atomic E-state index is 0.00787. The van der Waals surface area contributed by atoms with E-state index < -0.39 is 41.6 Å². The minimum atomic E-state index is -2.61. The average molecular weight is 512 g/mol. The summed E-state index contributed by atoms with van der Waals surface area (Å²) in [5, 5.41) is 10.8. The van der Waals surface area contributed by atoms with Gasteiger partial charge in [-0.3, -0.25) is 14.3 Å². The van der Waals surface area contributed by atoms with Crippen LogP contribution < -0.4 is 11.3 Å². The first kappa shape index (κ1) is 27.0. The van der Waals surface area contributed by atoms with E-state index in [1.807, 2.05) is 0 Å². The highest BCUT2D eigenvalue weighted by Gasteiger charge is 2.49. The number of ether oxygens (including phenoxy) is 1. The third-order valence-corrected chi connectivity index (χ3v) is 15.7. The molecule has 12 heteroatoms. The molecule has 0 amide bonds. The number of nitrogens with zero attached hydrogens (tertiary/aromatic N) is 3. The van der Waals surface area contributed by atoms with Gasteiger partial charge in [0.2, 0.25) is 5.95 Å². The summed E-state index contributed by atoms with van der Waals surface area (Å²) in [7, 11) is -4.13. The maximum absolute atomic E-state index is 12.1. The molecule has 0 bridgehead atoms. The second kappa shape index (κ2) is 10.6. The van der Waals surface area contributed by atoms with Crippen molar-refractivity contribution in [2.45, 2.75) is 102 Å². The van der Waals surface area contributed by atoms with Crippen LogP contribution in [0.2, 0.25) is 22.2 Å². The van der Waals surface area contributed by atoms with Gasteiger partial charge in [0.1, 0.15) is 12.3 Å². The van der Waals surface area contributed by atoms with E-state index in [9.17, 15) is 9.90 Å². The highest BCUT2D eigenvalue weighted by Crippen LogP contribution is 2.39. The number of imidazole rings is 1. The van der Waals surface area contributed by atoms with E-state index in [0.717, 1.165) is 0 Å². The Bertz CT molecular complexity index is 1010. The van der Waals surface area contributed by atoms with Crippen molar-refractivity contribution in [3.8, 4) is 0 Å². The summed E-state index contributed by atoms with van der Waals surface area (Å²) >= 11 is 0. The SMILES string of the molecule is CC(C)[SiH](O[Si](OC[C@H]1O[C@@H](n2cnc3c(=O)[nH]c(N)nc32)C[C@@H]1O)(C(C)C)C(C)C)C(C)C. The number of hydrogen-bond donors (Lipinski definition) is 3. The maximum Gasteiger partial charge on any atom is 0.333 e. The molecule has 0 unspecified atom stereocenters. The molecule has 2 aromatic rings. The van der Waals surface area contributed by atoms with E-state index >= 15 is 0 Å². The molecular formula is C22H41N5O5Si2. The maximum atomic E-state index is 12.1. The molecule has 1 saturated heterocycles. The standard InChI is InChI=1S/C22H41N5O5Si2/c1-12(2)33(13(3)4)32-34(14(5)6,15(7)8)30-10-17-16(28)9-18(31-17)27-11-24-19-20(27)25-22(23)26-21(19)29/h11-18,28,33H,9-10H2,1-8H3,(H3,23,25,26,29)/t16-,17+,18+/m0/s1. The molecule has 0 aromatic carbocycles. The lowest BCUT2D eigenvalue weighted by molar-refractivity contribution is -0.0439. The molecule has 4 N–H and O–H groups in total. The number of nitrogen functional groups attached to an aromatic ring is 1. The number of nitrogens with two attached hydrogens (primary N) is 1. The van der Waals surface area contributed by atoms with Gasteiger partial charge in [0.05, 0.1) is 19.0 Å². The van der Waals surface area contributed by atoms with Crippen LogP contribution in [0, 0.1) is 0 Å². The fourth-order valence-electron chi connectivity index (χ4n) is 4.96. The number of aromatic amines is 1. The van der Waals surface area contributed by atoms with Gasteiger partial charge in [0.15, 0.2) is 20.2 Å². The lowest BCUT2D eigenvalue weighted by atomic mass is 10.2. The van der Waals surface area contributed by atoms with Crippen LogP contribution in [0.4, 0.5) is 5.95 Å².